The van der Waals surface area contributed by atoms with E-state index in [9.17, 15) is 4.79 Å². The van der Waals surface area contributed by atoms with Gasteiger partial charge in [0.05, 0.1) is 0 Å². The number of hydrogen-bond acceptors (Lipinski definition) is 1. The van der Waals surface area contributed by atoms with Crippen LogP contribution >= 0.6 is 0 Å². The molecule has 0 fully saturated rings. The first-order valence-electron chi connectivity index (χ1n) is 3.49. The van der Waals surface area contributed by atoms with E-state index in [4.69, 9.17) is 5.73 Å². The summed E-state index contributed by atoms with van der Waals surface area (Å²) in [6.45, 7) is 4.16. The predicted molar refractivity (Wildman–Crippen MR) is 45.0 cm³/mol. The van der Waals surface area contributed by atoms with Crippen molar-refractivity contribution in [3.63, 3.8) is 0 Å². The molecule has 2 N–H and O–H groups in total. The second-order valence-electron chi connectivity index (χ2n) is 2.35. The van der Waals surface area contributed by atoms with Crippen LogP contribution in [0.5, 0.6) is 0 Å². The number of carbonyl (C=O) groups excluding carboxylic acids is 1. The molecule has 2 nitrogen and oxygen atoms in total. The summed E-state index contributed by atoms with van der Waals surface area (Å²) in [5.74, 6) is 0.325. The van der Waals surface area contributed by atoms with Crippen molar-refractivity contribution in [1.29, 1.82) is 0 Å². The van der Waals surface area contributed by atoms with Crippen molar-refractivity contribution in [3.8, 4) is 0 Å². The summed E-state index contributed by atoms with van der Waals surface area (Å²) in [5.41, 5.74) is 5.01. The van der Waals surface area contributed by atoms with E-state index in [0.717, 1.165) is 12.8 Å². The summed E-state index contributed by atoms with van der Waals surface area (Å²) < 4.78 is 0. The predicted octanol–water partition coefficient (Wildman–Crippen LogP) is 0.649. The summed E-state index contributed by atoms with van der Waals surface area (Å²) in [6, 6.07) is 0. The van der Waals surface area contributed by atoms with E-state index in [0.29, 0.717) is 12.3 Å². The number of hydrogen-bond donors (Lipinski definition) is 1. The average molecular weight is 137 g/mol. The van der Waals surface area contributed by atoms with Crippen LogP contribution in [-0.4, -0.2) is 24.8 Å². The Morgan fingerprint density at radius 3 is 1.90 bits per heavy atom. The molecule has 0 unspecified atom stereocenters. The third kappa shape index (κ3) is 6.19. The Hall–Kier alpha value is 0.0674. The van der Waals surface area contributed by atoms with E-state index < -0.39 is 0 Å². The van der Waals surface area contributed by atoms with E-state index in [1.807, 2.05) is 0 Å². The molecule has 0 aliphatic carbocycles. The molecule has 0 aromatic rings. The number of carbonyl (C=O) groups is 1. The van der Waals surface area contributed by atoms with Gasteiger partial charge in [-0.15, -0.1) is 0 Å². The first-order chi connectivity index (χ1) is 4.20. The van der Waals surface area contributed by atoms with E-state index in [-0.39, 0.29) is 24.8 Å². The first-order valence-corrected chi connectivity index (χ1v) is 3.49. The molecule has 0 aromatic heterocycles. The van der Waals surface area contributed by atoms with Gasteiger partial charge >= 0.3 is 18.9 Å². The van der Waals surface area contributed by atoms with Crippen LogP contribution in [0, 0.1) is 5.92 Å². The zero-order valence-corrected chi connectivity index (χ0v) is 6.18. The van der Waals surface area contributed by atoms with Gasteiger partial charge in [0.2, 0.25) is 5.91 Å². The Labute approximate surface area is 74.7 Å². The Morgan fingerprint density at radius 2 is 1.80 bits per heavy atom. The molecule has 0 bridgehead atoms. The molecule has 0 atom stereocenters. The van der Waals surface area contributed by atoms with E-state index in [1.54, 1.807) is 0 Å². The van der Waals surface area contributed by atoms with Crippen LogP contribution < -0.4 is 5.73 Å². The van der Waals surface area contributed by atoms with Gasteiger partial charge in [-0.05, 0) is 5.92 Å². The Morgan fingerprint density at radius 1 is 1.40 bits per heavy atom. The van der Waals surface area contributed by atoms with Crippen molar-refractivity contribution in [3.05, 3.63) is 0 Å². The zero-order chi connectivity index (χ0) is 7.28. The quantitative estimate of drug-likeness (QED) is 0.568. The second-order valence-corrected chi connectivity index (χ2v) is 2.35. The minimum atomic E-state index is -0.177. The summed E-state index contributed by atoms with van der Waals surface area (Å²) >= 11 is 0. The maximum atomic E-state index is 10.3. The fourth-order valence-electron chi connectivity index (χ4n) is 0.862. The normalized spacial score (nSPS) is 9.10. The van der Waals surface area contributed by atoms with Crippen LogP contribution in [0.3, 0.4) is 0 Å². The van der Waals surface area contributed by atoms with Crippen molar-refractivity contribution in [1.82, 2.24) is 0 Å². The SMILES string of the molecule is CCC(CC)CC(N)=O.[LiH]. The molecule has 56 valence electrons. The topological polar surface area (TPSA) is 43.1 Å². The van der Waals surface area contributed by atoms with Gasteiger partial charge in [-0.3, -0.25) is 4.79 Å². The van der Waals surface area contributed by atoms with Crippen molar-refractivity contribution in [2.75, 3.05) is 0 Å². The molecule has 0 rings (SSSR count). The number of nitrogens with two attached hydrogens (primary N) is 1. The molecule has 1 amide bonds. The molecule has 0 saturated carbocycles. The van der Waals surface area contributed by atoms with Gasteiger partial charge in [0.15, 0.2) is 0 Å². The van der Waals surface area contributed by atoms with Gasteiger partial charge in [-0.2, -0.15) is 0 Å². The van der Waals surface area contributed by atoms with Gasteiger partial charge in [-0.25, -0.2) is 0 Å². The van der Waals surface area contributed by atoms with Crippen LogP contribution in [-0.2, 0) is 4.79 Å². The van der Waals surface area contributed by atoms with Crippen molar-refractivity contribution >= 4 is 24.8 Å². The molecule has 10 heavy (non-hydrogen) atoms. The standard InChI is InChI=1S/C7H15NO.Li.H/c1-3-6(4-2)5-7(8)9;;/h6H,3-5H2,1-2H3,(H2,8,9);;. The van der Waals surface area contributed by atoms with Crippen molar-refractivity contribution in [2.45, 2.75) is 33.1 Å². The van der Waals surface area contributed by atoms with E-state index >= 15 is 0 Å². The molecule has 0 aromatic carbocycles. The Bertz CT molecular complexity index is 91.6. The summed E-state index contributed by atoms with van der Waals surface area (Å²) in [5, 5.41) is 0. The molecular formula is C7H16LiNO. The Kier molecular flexibility index (Phi) is 9.13. The van der Waals surface area contributed by atoms with Gasteiger partial charge < -0.3 is 5.73 Å². The zero-order valence-electron chi connectivity index (χ0n) is 6.18. The third-order valence-electron chi connectivity index (χ3n) is 1.64. The average Bonchev–Trinajstić information content (AvgIpc) is 1.82. The molecule has 0 heterocycles. The molecule has 0 saturated heterocycles. The Balaban J connectivity index is 0. The van der Waals surface area contributed by atoms with Crippen molar-refractivity contribution < 1.29 is 4.79 Å². The monoisotopic (exact) mass is 137 g/mol. The summed E-state index contributed by atoms with van der Waals surface area (Å²) in [4.78, 5) is 10.3. The van der Waals surface area contributed by atoms with E-state index in [2.05, 4.69) is 13.8 Å². The van der Waals surface area contributed by atoms with Crippen LogP contribution in [0.2, 0.25) is 0 Å². The van der Waals surface area contributed by atoms with Crippen molar-refractivity contribution in [2.24, 2.45) is 11.7 Å². The van der Waals surface area contributed by atoms with Gasteiger partial charge in [-0.1, -0.05) is 26.7 Å². The maximum absolute atomic E-state index is 10.3. The van der Waals surface area contributed by atoms with Crippen LogP contribution in [0.25, 0.3) is 0 Å². The minimum absolute atomic E-state index is 0. The van der Waals surface area contributed by atoms with Gasteiger partial charge in [0, 0.05) is 6.42 Å². The number of primary amides is 1. The number of amides is 1. The first kappa shape index (κ1) is 12.7. The summed E-state index contributed by atoms with van der Waals surface area (Å²) in [6.07, 6.45) is 2.66. The van der Waals surface area contributed by atoms with Crippen LogP contribution in [0.1, 0.15) is 33.1 Å². The molecule has 0 radical (unpaired) electrons. The second kappa shape index (κ2) is 7.18. The van der Waals surface area contributed by atoms with Gasteiger partial charge in [0.25, 0.3) is 0 Å². The number of rotatable bonds is 4. The van der Waals surface area contributed by atoms with Crippen LogP contribution in [0.4, 0.5) is 0 Å². The summed E-state index contributed by atoms with van der Waals surface area (Å²) in [7, 11) is 0. The molecule has 3 heteroatoms. The molecular weight excluding hydrogens is 121 g/mol. The molecule has 0 spiro atoms. The third-order valence-corrected chi connectivity index (χ3v) is 1.64. The molecule has 0 aliphatic rings. The molecule has 0 aliphatic heterocycles. The fraction of sp³-hybridized carbons (Fsp3) is 0.857. The van der Waals surface area contributed by atoms with Gasteiger partial charge in [0.1, 0.15) is 0 Å². The van der Waals surface area contributed by atoms with E-state index in [1.165, 1.54) is 0 Å². The van der Waals surface area contributed by atoms with Crippen LogP contribution in [0.15, 0.2) is 0 Å². The fourth-order valence-corrected chi connectivity index (χ4v) is 0.862.